The van der Waals surface area contributed by atoms with Gasteiger partial charge >= 0.3 is 0 Å². The number of aliphatic hydroxyl groups excluding tert-OH is 2. The standard InChI is InChI=1S/C9H13N5O3/c10-9-11-1-7-8(13-9)12-4-14(7)5-17-6(2-15)3-16/h1,4,6,15-16H,2-3,5H2,(H2,10,11,13). The van der Waals surface area contributed by atoms with Crippen molar-refractivity contribution in [2.75, 3.05) is 18.9 Å². The molecule has 0 saturated carbocycles. The molecule has 2 aromatic heterocycles. The van der Waals surface area contributed by atoms with Gasteiger partial charge in [0, 0.05) is 0 Å². The minimum absolute atomic E-state index is 0.148. The van der Waals surface area contributed by atoms with E-state index in [0.29, 0.717) is 11.2 Å². The van der Waals surface area contributed by atoms with Gasteiger partial charge in [0.05, 0.1) is 25.7 Å². The summed E-state index contributed by atoms with van der Waals surface area (Å²) in [5.41, 5.74) is 6.58. The summed E-state index contributed by atoms with van der Waals surface area (Å²) in [6.07, 6.45) is 2.47. The van der Waals surface area contributed by atoms with Gasteiger partial charge in [0.15, 0.2) is 5.65 Å². The van der Waals surface area contributed by atoms with E-state index in [1.807, 2.05) is 0 Å². The van der Waals surface area contributed by atoms with E-state index in [4.69, 9.17) is 20.7 Å². The lowest BCUT2D eigenvalue weighted by Crippen LogP contribution is -2.23. The lowest BCUT2D eigenvalue weighted by molar-refractivity contribution is -0.0487. The highest BCUT2D eigenvalue weighted by Crippen LogP contribution is 2.10. The Kier molecular flexibility index (Phi) is 3.47. The van der Waals surface area contributed by atoms with Crippen LogP contribution < -0.4 is 5.73 Å². The van der Waals surface area contributed by atoms with Crippen LogP contribution >= 0.6 is 0 Å². The van der Waals surface area contributed by atoms with Crippen LogP contribution in [-0.2, 0) is 11.5 Å². The van der Waals surface area contributed by atoms with Crippen molar-refractivity contribution in [2.45, 2.75) is 12.8 Å². The van der Waals surface area contributed by atoms with E-state index in [1.54, 1.807) is 10.8 Å². The Morgan fingerprint density at radius 1 is 1.35 bits per heavy atom. The third-order valence-corrected chi connectivity index (χ3v) is 2.25. The summed E-state index contributed by atoms with van der Waals surface area (Å²) in [5.74, 6) is 0.160. The summed E-state index contributed by atoms with van der Waals surface area (Å²) in [6, 6.07) is 0. The van der Waals surface area contributed by atoms with Crippen LogP contribution in [0.5, 0.6) is 0 Å². The lowest BCUT2D eigenvalue weighted by Gasteiger charge is -2.12. The first-order valence-electron chi connectivity index (χ1n) is 5.01. The predicted molar refractivity (Wildman–Crippen MR) is 58.8 cm³/mol. The number of fused-ring (bicyclic) bond motifs is 1. The number of nitrogen functional groups attached to an aromatic ring is 1. The van der Waals surface area contributed by atoms with Crippen LogP contribution in [-0.4, -0.2) is 49.0 Å². The molecule has 0 aromatic carbocycles. The summed E-state index contributed by atoms with van der Waals surface area (Å²) < 4.78 is 6.92. The number of hydrogen-bond donors (Lipinski definition) is 3. The Hall–Kier alpha value is -1.77. The number of aliphatic hydroxyl groups is 2. The number of nitrogens with two attached hydrogens (primary N) is 1. The molecule has 0 fully saturated rings. The first-order chi connectivity index (χ1) is 8.24. The molecule has 92 valence electrons. The van der Waals surface area contributed by atoms with Gasteiger partial charge in [0.25, 0.3) is 0 Å². The fourth-order valence-corrected chi connectivity index (χ4v) is 1.32. The molecule has 0 atom stereocenters. The smallest absolute Gasteiger partial charge is 0.222 e. The zero-order chi connectivity index (χ0) is 12.3. The Morgan fingerprint density at radius 2 is 2.12 bits per heavy atom. The number of anilines is 1. The second-order valence-corrected chi connectivity index (χ2v) is 3.43. The molecule has 2 aromatic rings. The molecule has 0 aliphatic rings. The van der Waals surface area contributed by atoms with E-state index >= 15 is 0 Å². The first-order valence-corrected chi connectivity index (χ1v) is 5.01. The lowest BCUT2D eigenvalue weighted by atomic mass is 10.4. The summed E-state index contributed by atoms with van der Waals surface area (Å²) in [4.78, 5) is 11.8. The van der Waals surface area contributed by atoms with E-state index < -0.39 is 6.10 Å². The second kappa shape index (κ2) is 5.04. The van der Waals surface area contributed by atoms with Gasteiger partial charge in [-0.05, 0) is 0 Å². The van der Waals surface area contributed by atoms with Crippen molar-refractivity contribution in [1.82, 2.24) is 19.5 Å². The molecular formula is C9H13N5O3. The number of nitrogens with zero attached hydrogens (tertiary/aromatic N) is 4. The normalized spacial score (nSPS) is 11.5. The van der Waals surface area contributed by atoms with Crippen molar-refractivity contribution in [1.29, 1.82) is 0 Å². The number of rotatable bonds is 5. The quantitative estimate of drug-likeness (QED) is 0.595. The summed E-state index contributed by atoms with van der Waals surface area (Å²) in [5, 5.41) is 17.7. The molecule has 2 heterocycles. The first kappa shape index (κ1) is 11.7. The molecule has 0 bridgehead atoms. The van der Waals surface area contributed by atoms with Gasteiger partial charge < -0.3 is 25.3 Å². The van der Waals surface area contributed by atoms with E-state index in [2.05, 4.69) is 15.0 Å². The number of imidazole rings is 1. The fourth-order valence-electron chi connectivity index (χ4n) is 1.32. The molecule has 0 spiro atoms. The Bertz CT molecular complexity index is 496. The van der Waals surface area contributed by atoms with Crippen LogP contribution in [0.1, 0.15) is 0 Å². The van der Waals surface area contributed by atoms with Crippen molar-refractivity contribution < 1.29 is 14.9 Å². The van der Waals surface area contributed by atoms with Crippen LogP contribution in [0.2, 0.25) is 0 Å². The van der Waals surface area contributed by atoms with Gasteiger partial charge in [-0.1, -0.05) is 0 Å². The van der Waals surface area contributed by atoms with E-state index in [0.717, 1.165) is 0 Å². The number of ether oxygens (including phenoxy) is 1. The molecular weight excluding hydrogens is 226 g/mol. The average Bonchev–Trinajstić information content (AvgIpc) is 2.73. The SMILES string of the molecule is Nc1ncc2c(ncn2COC(CO)CO)n1. The van der Waals surface area contributed by atoms with Gasteiger partial charge in [0.1, 0.15) is 18.4 Å². The van der Waals surface area contributed by atoms with Crippen LogP contribution in [0.25, 0.3) is 11.2 Å². The Labute approximate surface area is 96.7 Å². The maximum Gasteiger partial charge on any atom is 0.222 e. The molecule has 0 unspecified atom stereocenters. The summed E-state index contributed by atoms with van der Waals surface area (Å²) in [7, 11) is 0. The highest BCUT2D eigenvalue weighted by Gasteiger charge is 2.09. The largest absolute Gasteiger partial charge is 0.394 e. The Balaban J connectivity index is 2.14. The fraction of sp³-hybridized carbons (Fsp3) is 0.444. The molecule has 0 aliphatic carbocycles. The number of aromatic nitrogens is 4. The van der Waals surface area contributed by atoms with Crippen molar-refractivity contribution in [2.24, 2.45) is 0 Å². The maximum atomic E-state index is 8.85. The minimum Gasteiger partial charge on any atom is -0.394 e. The molecule has 0 amide bonds. The summed E-state index contributed by atoms with van der Waals surface area (Å²) in [6.45, 7) is -0.339. The molecule has 8 heteroatoms. The highest BCUT2D eigenvalue weighted by molar-refractivity contribution is 5.70. The van der Waals surface area contributed by atoms with Crippen LogP contribution in [0, 0.1) is 0 Å². The predicted octanol–water partition coefficient (Wildman–Crippen LogP) is -1.26. The van der Waals surface area contributed by atoms with E-state index in [-0.39, 0.29) is 25.9 Å². The zero-order valence-electron chi connectivity index (χ0n) is 9.02. The second-order valence-electron chi connectivity index (χ2n) is 3.43. The molecule has 8 nitrogen and oxygen atoms in total. The Morgan fingerprint density at radius 3 is 2.82 bits per heavy atom. The van der Waals surface area contributed by atoms with Gasteiger partial charge in [-0.25, -0.2) is 9.97 Å². The zero-order valence-corrected chi connectivity index (χ0v) is 9.02. The molecule has 2 rings (SSSR count). The van der Waals surface area contributed by atoms with Crippen molar-refractivity contribution in [3.05, 3.63) is 12.5 Å². The topological polar surface area (TPSA) is 119 Å². The molecule has 4 N–H and O–H groups in total. The minimum atomic E-state index is -0.609. The highest BCUT2D eigenvalue weighted by atomic mass is 16.5. The third kappa shape index (κ3) is 2.49. The van der Waals surface area contributed by atoms with Crippen molar-refractivity contribution in [3.8, 4) is 0 Å². The number of hydrogen-bond acceptors (Lipinski definition) is 7. The van der Waals surface area contributed by atoms with Crippen LogP contribution in [0.4, 0.5) is 5.95 Å². The van der Waals surface area contributed by atoms with Gasteiger partial charge in [-0.15, -0.1) is 0 Å². The van der Waals surface area contributed by atoms with E-state index in [9.17, 15) is 0 Å². The van der Waals surface area contributed by atoms with Gasteiger partial charge in [-0.2, -0.15) is 4.98 Å². The van der Waals surface area contributed by atoms with Crippen LogP contribution in [0.15, 0.2) is 12.5 Å². The van der Waals surface area contributed by atoms with Crippen molar-refractivity contribution >= 4 is 17.1 Å². The van der Waals surface area contributed by atoms with Gasteiger partial charge in [-0.3, -0.25) is 0 Å². The molecule has 17 heavy (non-hydrogen) atoms. The van der Waals surface area contributed by atoms with Crippen molar-refractivity contribution in [3.63, 3.8) is 0 Å². The van der Waals surface area contributed by atoms with Gasteiger partial charge in [0.2, 0.25) is 5.95 Å². The summed E-state index contributed by atoms with van der Waals surface area (Å²) >= 11 is 0. The average molecular weight is 239 g/mol. The monoisotopic (exact) mass is 239 g/mol. The molecule has 0 radical (unpaired) electrons. The van der Waals surface area contributed by atoms with E-state index in [1.165, 1.54) is 6.33 Å². The molecule has 0 saturated heterocycles. The molecule has 0 aliphatic heterocycles. The maximum absolute atomic E-state index is 8.85. The van der Waals surface area contributed by atoms with Crippen LogP contribution in [0.3, 0.4) is 0 Å². The third-order valence-electron chi connectivity index (χ3n) is 2.25.